The summed E-state index contributed by atoms with van der Waals surface area (Å²) in [4.78, 5) is 22.9. The number of rotatable bonds is 9. The van der Waals surface area contributed by atoms with E-state index in [1.807, 2.05) is 6.92 Å². The lowest BCUT2D eigenvalue weighted by molar-refractivity contribution is -0.141. The molecule has 0 bridgehead atoms. The summed E-state index contributed by atoms with van der Waals surface area (Å²) in [5.74, 6) is -2.83. The van der Waals surface area contributed by atoms with E-state index >= 15 is 0 Å². The highest BCUT2D eigenvalue weighted by Crippen LogP contribution is 2.18. The molecule has 1 atom stereocenters. The van der Waals surface area contributed by atoms with Gasteiger partial charge in [0.1, 0.15) is 17.5 Å². The van der Waals surface area contributed by atoms with Crippen LogP contribution in [0.4, 0.5) is 0 Å². The van der Waals surface area contributed by atoms with Crippen LogP contribution < -0.4 is 10.1 Å². The van der Waals surface area contributed by atoms with Crippen molar-refractivity contribution in [3.8, 4) is 5.75 Å². The smallest absolute Gasteiger partial charge is 0.327 e. The van der Waals surface area contributed by atoms with Crippen molar-refractivity contribution in [3.05, 3.63) is 29.8 Å². The van der Waals surface area contributed by atoms with Crippen LogP contribution >= 0.6 is 0 Å². The molecule has 0 saturated heterocycles. The molecule has 0 saturated carbocycles. The Morgan fingerprint density at radius 2 is 1.96 bits per heavy atom. The Bertz CT molecular complexity index is 657. The molecule has 0 aliphatic rings. The lowest BCUT2D eigenvalue weighted by Crippen LogP contribution is -2.45. The van der Waals surface area contributed by atoms with E-state index in [0.29, 0.717) is 17.9 Å². The number of carboxylic acids is 1. The van der Waals surface area contributed by atoms with E-state index in [9.17, 15) is 18.0 Å². The van der Waals surface area contributed by atoms with Crippen molar-refractivity contribution in [2.75, 3.05) is 12.4 Å². The molecule has 8 nitrogen and oxygen atoms in total. The summed E-state index contributed by atoms with van der Waals surface area (Å²) >= 11 is 0. The van der Waals surface area contributed by atoms with Gasteiger partial charge in [0.25, 0.3) is 10.1 Å². The van der Waals surface area contributed by atoms with Gasteiger partial charge in [-0.2, -0.15) is 8.42 Å². The van der Waals surface area contributed by atoms with Gasteiger partial charge >= 0.3 is 5.97 Å². The molecule has 0 spiro atoms. The summed E-state index contributed by atoms with van der Waals surface area (Å²) < 4.78 is 35.8. The van der Waals surface area contributed by atoms with E-state index in [1.165, 1.54) is 0 Å². The van der Waals surface area contributed by atoms with E-state index in [2.05, 4.69) is 5.32 Å². The average Bonchev–Trinajstić information content (AvgIpc) is 2.44. The molecule has 0 radical (unpaired) electrons. The summed E-state index contributed by atoms with van der Waals surface area (Å²) in [6.45, 7) is 2.40. The second-order valence-electron chi connectivity index (χ2n) is 4.84. The predicted octanol–water partition coefficient (Wildman–Crippen LogP) is 0.475. The lowest BCUT2D eigenvalue weighted by atomic mass is 10.1. The van der Waals surface area contributed by atoms with Gasteiger partial charge in [0.2, 0.25) is 5.91 Å². The van der Waals surface area contributed by atoms with Crippen LogP contribution in [0, 0.1) is 0 Å². The van der Waals surface area contributed by atoms with Crippen molar-refractivity contribution in [3.63, 3.8) is 0 Å². The van der Waals surface area contributed by atoms with E-state index in [-0.39, 0.29) is 6.42 Å². The second kappa shape index (κ2) is 8.49. The van der Waals surface area contributed by atoms with Gasteiger partial charge in [-0.1, -0.05) is 25.1 Å². The number of hydrogen-bond donors (Lipinski definition) is 3. The van der Waals surface area contributed by atoms with Gasteiger partial charge in [0.05, 0.1) is 13.0 Å². The molecule has 0 heterocycles. The van der Waals surface area contributed by atoms with Gasteiger partial charge in [-0.05, 0) is 12.5 Å². The Balaban J connectivity index is 2.77. The summed E-state index contributed by atoms with van der Waals surface area (Å²) in [5, 5.41) is 11.0. The maximum atomic E-state index is 11.9. The monoisotopic (exact) mass is 345 g/mol. The molecule has 1 aromatic rings. The lowest BCUT2D eigenvalue weighted by Gasteiger charge is -2.14. The molecular formula is C14H19NO7S. The number of carbonyl (C=O) groups excluding carboxylic acids is 1. The van der Waals surface area contributed by atoms with E-state index < -0.39 is 33.8 Å². The Labute approximate surface area is 134 Å². The quantitative estimate of drug-likeness (QED) is 0.555. The predicted molar refractivity (Wildman–Crippen MR) is 81.9 cm³/mol. The minimum atomic E-state index is -4.53. The van der Waals surface area contributed by atoms with Crippen LogP contribution in [-0.4, -0.2) is 48.4 Å². The first-order valence-electron chi connectivity index (χ1n) is 6.91. The van der Waals surface area contributed by atoms with Crippen molar-refractivity contribution >= 4 is 22.0 Å². The first-order valence-corrected chi connectivity index (χ1v) is 8.52. The van der Waals surface area contributed by atoms with Gasteiger partial charge in [0.15, 0.2) is 0 Å². The third kappa shape index (κ3) is 7.11. The van der Waals surface area contributed by atoms with Crippen LogP contribution in [0.25, 0.3) is 0 Å². The molecule has 1 aromatic carbocycles. The highest BCUT2D eigenvalue weighted by molar-refractivity contribution is 7.85. The van der Waals surface area contributed by atoms with Gasteiger partial charge in [-0.25, -0.2) is 4.79 Å². The van der Waals surface area contributed by atoms with E-state index in [1.54, 1.807) is 24.3 Å². The Morgan fingerprint density at radius 1 is 1.30 bits per heavy atom. The number of carboxylic acid groups (broad SMARTS) is 1. The van der Waals surface area contributed by atoms with Crippen molar-refractivity contribution in [2.24, 2.45) is 0 Å². The van der Waals surface area contributed by atoms with Crippen LogP contribution in [0.15, 0.2) is 24.3 Å². The standard InChI is InChI=1S/C14H19NO7S/c1-2-7-22-12-6-4-3-5-10(12)8-13(16)15-11(14(17)18)9-23(19,20)21/h3-6,11H,2,7-9H2,1H3,(H,15,16)(H,17,18)(H,19,20,21). The number of benzene rings is 1. The first-order chi connectivity index (χ1) is 10.7. The topological polar surface area (TPSA) is 130 Å². The first kappa shape index (κ1) is 18.9. The number of ether oxygens (including phenoxy) is 1. The molecule has 3 N–H and O–H groups in total. The molecule has 128 valence electrons. The largest absolute Gasteiger partial charge is 0.493 e. The fourth-order valence-electron chi connectivity index (χ4n) is 1.81. The Hall–Kier alpha value is -2.13. The zero-order valence-corrected chi connectivity index (χ0v) is 13.4. The number of aliphatic carboxylic acids is 1. The van der Waals surface area contributed by atoms with Gasteiger partial charge in [-0.3, -0.25) is 9.35 Å². The minimum Gasteiger partial charge on any atom is -0.493 e. The zero-order chi connectivity index (χ0) is 17.5. The number of carbonyl (C=O) groups is 2. The highest BCUT2D eigenvalue weighted by atomic mass is 32.2. The number of para-hydroxylation sites is 1. The number of hydrogen-bond acceptors (Lipinski definition) is 5. The second-order valence-corrected chi connectivity index (χ2v) is 6.34. The van der Waals surface area contributed by atoms with Crippen molar-refractivity contribution < 1.29 is 32.4 Å². The van der Waals surface area contributed by atoms with Crippen molar-refractivity contribution in [2.45, 2.75) is 25.8 Å². The van der Waals surface area contributed by atoms with Crippen molar-refractivity contribution in [1.82, 2.24) is 5.32 Å². The van der Waals surface area contributed by atoms with Crippen LogP contribution in [-0.2, 0) is 26.1 Å². The molecule has 0 aliphatic heterocycles. The Morgan fingerprint density at radius 3 is 2.52 bits per heavy atom. The normalized spacial score (nSPS) is 12.4. The molecule has 0 aromatic heterocycles. The summed E-state index contributed by atoms with van der Waals surface area (Å²) in [6.07, 6.45) is 0.616. The third-order valence-electron chi connectivity index (χ3n) is 2.80. The fourth-order valence-corrected chi connectivity index (χ4v) is 2.45. The maximum Gasteiger partial charge on any atom is 0.327 e. The van der Waals surface area contributed by atoms with Gasteiger partial charge in [-0.15, -0.1) is 0 Å². The van der Waals surface area contributed by atoms with E-state index in [4.69, 9.17) is 14.4 Å². The molecule has 9 heteroatoms. The van der Waals surface area contributed by atoms with Crippen LogP contribution in [0.1, 0.15) is 18.9 Å². The van der Waals surface area contributed by atoms with E-state index in [0.717, 1.165) is 6.42 Å². The SMILES string of the molecule is CCCOc1ccccc1CC(=O)NC(CS(=O)(=O)O)C(=O)O. The summed E-state index contributed by atoms with van der Waals surface area (Å²) in [6, 6.07) is 5.06. The maximum absolute atomic E-state index is 11.9. The minimum absolute atomic E-state index is 0.171. The molecule has 23 heavy (non-hydrogen) atoms. The van der Waals surface area contributed by atoms with Crippen LogP contribution in [0.5, 0.6) is 5.75 Å². The zero-order valence-electron chi connectivity index (χ0n) is 12.6. The van der Waals surface area contributed by atoms with Crippen LogP contribution in [0.2, 0.25) is 0 Å². The highest BCUT2D eigenvalue weighted by Gasteiger charge is 2.25. The fraction of sp³-hybridized carbons (Fsp3) is 0.429. The number of amides is 1. The van der Waals surface area contributed by atoms with Crippen molar-refractivity contribution in [1.29, 1.82) is 0 Å². The molecule has 0 fully saturated rings. The van der Waals surface area contributed by atoms with Crippen LogP contribution in [0.3, 0.4) is 0 Å². The van der Waals surface area contributed by atoms with Gasteiger partial charge in [0, 0.05) is 5.56 Å². The summed E-state index contributed by atoms with van der Waals surface area (Å²) in [7, 11) is -4.53. The average molecular weight is 345 g/mol. The van der Waals surface area contributed by atoms with Gasteiger partial charge < -0.3 is 15.2 Å². The molecular weight excluding hydrogens is 326 g/mol. The summed E-state index contributed by atoms with van der Waals surface area (Å²) in [5.41, 5.74) is 0.550. The molecule has 1 amide bonds. The molecule has 1 unspecified atom stereocenters. The number of nitrogens with one attached hydrogen (secondary N) is 1. The molecule has 0 aliphatic carbocycles. The molecule has 1 rings (SSSR count). The Kier molecular flexibility index (Phi) is 6.98. The third-order valence-corrected chi connectivity index (χ3v) is 3.55.